The van der Waals surface area contributed by atoms with Crippen LogP contribution in [0.5, 0.6) is 0 Å². The van der Waals surface area contributed by atoms with E-state index in [9.17, 15) is 35.2 Å². The first-order valence-electron chi connectivity index (χ1n) is 12.3. The Morgan fingerprint density at radius 1 is 1.10 bits per heavy atom. The molecule has 0 unspecified atom stereocenters. The van der Waals surface area contributed by atoms with Gasteiger partial charge in [-0.1, -0.05) is 31.5 Å². The van der Waals surface area contributed by atoms with E-state index in [-0.39, 0.29) is 48.8 Å². The first-order valence-corrected chi connectivity index (χ1v) is 13.8. The summed E-state index contributed by atoms with van der Waals surface area (Å²) in [5.74, 6) is -3.56. The second-order valence-electron chi connectivity index (χ2n) is 9.15. The second-order valence-corrected chi connectivity index (χ2v) is 11.0. The van der Waals surface area contributed by atoms with E-state index in [0.717, 1.165) is 41.1 Å². The minimum absolute atomic E-state index is 0.0132. The number of nitrogens with zero attached hydrogens (tertiary/aromatic N) is 2. The Hall–Kier alpha value is -3.32. The molecule has 0 radical (unpaired) electrons. The molecule has 0 atom stereocenters. The number of unbranched alkanes of at least 4 members (excludes halogenated alkanes) is 1. The van der Waals surface area contributed by atoms with Crippen LogP contribution in [0.15, 0.2) is 51.8 Å². The van der Waals surface area contributed by atoms with Crippen molar-refractivity contribution in [1.29, 1.82) is 0 Å². The third kappa shape index (κ3) is 6.14. The monoisotopic (exact) mass is 571 g/mol. The number of carbonyl (C=O) groups excluding carboxylic acids is 1. The second kappa shape index (κ2) is 11.4. The number of benzene rings is 2. The van der Waals surface area contributed by atoms with Crippen molar-refractivity contribution in [2.75, 3.05) is 19.6 Å². The van der Waals surface area contributed by atoms with E-state index in [1.54, 1.807) is 0 Å². The first-order chi connectivity index (χ1) is 18.4. The largest absolute Gasteiger partial charge is 0.440 e. The minimum atomic E-state index is -4.61. The standard InChI is InChI=1S/C26H26F5N3O4S/c1-2-3-12-32-24(35)21-22(17-6-4-7-18(15-17)26(29,30)31)38-25(33-21)16-10-13-34(14-11-16)39(36,37)23-19(27)8-5-9-20(23)28/h4-9,15-16H,2-3,10-14H2,1H3,(H,32,35). The summed E-state index contributed by atoms with van der Waals surface area (Å²) in [6.07, 6.45) is -2.82. The number of carbonyl (C=O) groups is 1. The molecule has 0 bridgehead atoms. The minimum Gasteiger partial charge on any atom is -0.440 e. The molecular formula is C26H26F5N3O4S. The molecule has 7 nitrogen and oxygen atoms in total. The fraction of sp³-hybridized carbons (Fsp3) is 0.385. The smallest absolute Gasteiger partial charge is 0.416 e. The summed E-state index contributed by atoms with van der Waals surface area (Å²) in [6, 6.07) is 7.12. The molecule has 1 aliphatic rings. The molecule has 0 saturated carbocycles. The maximum Gasteiger partial charge on any atom is 0.416 e. The number of hydrogen-bond acceptors (Lipinski definition) is 5. The van der Waals surface area contributed by atoms with Crippen LogP contribution < -0.4 is 5.32 Å². The molecule has 210 valence electrons. The average molecular weight is 572 g/mol. The van der Waals surface area contributed by atoms with E-state index in [4.69, 9.17) is 4.42 Å². The van der Waals surface area contributed by atoms with Gasteiger partial charge in [0.25, 0.3) is 5.91 Å². The molecule has 0 aliphatic carbocycles. The van der Waals surface area contributed by atoms with Crippen molar-refractivity contribution in [1.82, 2.24) is 14.6 Å². The van der Waals surface area contributed by atoms with Gasteiger partial charge in [0.15, 0.2) is 22.2 Å². The van der Waals surface area contributed by atoms with Gasteiger partial charge in [-0.05, 0) is 43.5 Å². The summed E-state index contributed by atoms with van der Waals surface area (Å²) in [4.78, 5) is 16.2. The Balaban J connectivity index is 1.61. The van der Waals surface area contributed by atoms with Crippen molar-refractivity contribution >= 4 is 15.9 Å². The number of rotatable bonds is 8. The van der Waals surface area contributed by atoms with Gasteiger partial charge in [0.2, 0.25) is 10.0 Å². The molecule has 1 N–H and O–H groups in total. The SMILES string of the molecule is CCCCNC(=O)c1nc(C2CCN(S(=O)(=O)c3c(F)cccc3F)CC2)oc1-c1cccc(C(F)(F)F)c1. The maximum absolute atomic E-state index is 14.2. The molecular weight excluding hydrogens is 545 g/mol. The predicted molar refractivity (Wildman–Crippen MR) is 131 cm³/mol. The normalized spacial score (nSPS) is 15.4. The van der Waals surface area contributed by atoms with Crippen molar-refractivity contribution in [3.8, 4) is 11.3 Å². The van der Waals surface area contributed by atoms with E-state index >= 15 is 0 Å². The van der Waals surface area contributed by atoms with E-state index < -0.39 is 50.1 Å². The Bertz CT molecular complexity index is 1430. The van der Waals surface area contributed by atoms with Crippen LogP contribution >= 0.6 is 0 Å². The van der Waals surface area contributed by atoms with Crippen LogP contribution in [-0.4, -0.2) is 43.2 Å². The molecule has 3 aromatic rings. The van der Waals surface area contributed by atoms with E-state index in [1.165, 1.54) is 12.1 Å². The number of amides is 1. The molecule has 1 fully saturated rings. The van der Waals surface area contributed by atoms with Crippen LogP contribution in [0.1, 0.15) is 60.5 Å². The van der Waals surface area contributed by atoms with Crippen molar-refractivity contribution in [2.45, 2.75) is 49.6 Å². The third-order valence-corrected chi connectivity index (χ3v) is 8.40. The number of piperidine rings is 1. The number of alkyl halides is 3. The molecule has 13 heteroatoms. The van der Waals surface area contributed by atoms with Gasteiger partial charge in [0, 0.05) is 31.1 Å². The van der Waals surface area contributed by atoms with Crippen LogP contribution in [0.2, 0.25) is 0 Å². The van der Waals surface area contributed by atoms with Crippen LogP contribution in [0.3, 0.4) is 0 Å². The highest BCUT2D eigenvalue weighted by atomic mass is 32.2. The van der Waals surface area contributed by atoms with Gasteiger partial charge in [-0.25, -0.2) is 22.2 Å². The highest BCUT2D eigenvalue weighted by Gasteiger charge is 2.36. The lowest BCUT2D eigenvalue weighted by Gasteiger charge is -2.30. The summed E-state index contributed by atoms with van der Waals surface area (Å²) < 4.78 is 101. The maximum atomic E-state index is 14.2. The fourth-order valence-electron chi connectivity index (χ4n) is 4.36. The highest BCUT2D eigenvalue weighted by Crippen LogP contribution is 2.37. The zero-order valence-corrected chi connectivity index (χ0v) is 21.7. The molecule has 2 heterocycles. The molecule has 1 aliphatic heterocycles. The highest BCUT2D eigenvalue weighted by molar-refractivity contribution is 7.89. The zero-order chi connectivity index (χ0) is 28.4. The molecule has 1 saturated heterocycles. The van der Waals surface area contributed by atoms with Gasteiger partial charge in [-0.15, -0.1) is 0 Å². The van der Waals surface area contributed by atoms with Crippen LogP contribution in [0.4, 0.5) is 22.0 Å². The van der Waals surface area contributed by atoms with Crippen LogP contribution in [-0.2, 0) is 16.2 Å². The lowest BCUT2D eigenvalue weighted by Crippen LogP contribution is -2.38. The molecule has 1 aromatic heterocycles. The fourth-order valence-corrected chi connectivity index (χ4v) is 5.94. The van der Waals surface area contributed by atoms with Gasteiger partial charge in [0.05, 0.1) is 5.56 Å². The Morgan fingerprint density at radius 3 is 2.36 bits per heavy atom. The number of hydrogen-bond donors (Lipinski definition) is 1. The Labute approximate surface area is 222 Å². The summed E-state index contributed by atoms with van der Waals surface area (Å²) in [5, 5.41) is 2.68. The topological polar surface area (TPSA) is 92.5 Å². The number of nitrogens with one attached hydrogen (secondary N) is 1. The summed E-state index contributed by atoms with van der Waals surface area (Å²) in [6.45, 7) is 2.05. The molecule has 0 spiro atoms. The lowest BCUT2D eigenvalue weighted by molar-refractivity contribution is -0.137. The quantitative estimate of drug-likeness (QED) is 0.275. The van der Waals surface area contributed by atoms with Gasteiger partial charge >= 0.3 is 6.18 Å². The van der Waals surface area contributed by atoms with Gasteiger partial charge in [-0.3, -0.25) is 4.79 Å². The number of sulfonamides is 1. The summed E-state index contributed by atoms with van der Waals surface area (Å²) in [7, 11) is -4.46. The number of halogens is 5. The molecule has 1 amide bonds. The van der Waals surface area contributed by atoms with E-state index in [2.05, 4.69) is 10.3 Å². The molecule has 4 rings (SSSR count). The number of oxazole rings is 1. The predicted octanol–water partition coefficient (Wildman–Crippen LogP) is 5.74. The van der Waals surface area contributed by atoms with Gasteiger partial charge in [0.1, 0.15) is 11.6 Å². The first kappa shape index (κ1) is 28.7. The van der Waals surface area contributed by atoms with Crippen molar-refractivity contribution < 1.29 is 39.6 Å². The van der Waals surface area contributed by atoms with Gasteiger partial charge in [-0.2, -0.15) is 17.5 Å². The Morgan fingerprint density at radius 2 is 1.74 bits per heavy atom. The van der Waals surface area contributed by atoms with Crippen LogP contribution in [0, 0.1) is 11.6 Å². The average Bonchev–Trinajstić information content (AvgIpc) is 3.34. The van der Waals surface area contributed by atoms with Gasteiger partial charge < -0.3 is 9.73 Å². The zero-order valence-electron chi connectivity index (χ0n) is 20.9. The molecule has 2 aromatic carbocycles. The Kier molecular flexibility index (Phi) is 8.40. The van der Waals surface area contributed by atoms with Crippen molar-refractivity contribution in [2.24, 2.45) is 0 Å². The lowest BCUT2D eigenvalue weighted by atomic mass is 9.98. The summed E-state index contributed by atoms with van der Waals surface area (Å²) in [5.41, 5.74) is -1.09. The van der Waals surface area contributed by atoms with Crippen molar-refractivity contribution in [3.05, 3.63) is 71.2 Å². The molecule has 39 heavy (non-hydrogen) atoms. The summed E-state index contributed by atoms with van der Waals surface area (Å²) >= 11 is 0. The van der Waals surface area contributed by atoms with E-state index in [0.29, 0.717) is 13.0 Å². The number of aromatic nitrogens is 1. The van der Waals surface area contributed by atoms with Crippen molar-refractivity contribution in [3.63, 3.8) is 0 Å². The van der Waals surface area contributed by atoms with E-state index in [1.807, 2.05) is 6.92 Å². The third-order valence-electron chi connectivity index (χ3n) is 6.45. The van der Waals surface area contributed by atoms with Crippen LogP contribution in [0.25, 0.3) is 11.3 Å².